The maximum atomic E-state index is 10.2. The van der Waals surface area contributed by atoms with Gasteiger partial charge in [-0.05, 0) is 36.4 Å². The van der Waals surface area contributed by atoms with Crippen LogP contribution in [0, 0.1) is 0 Å². The number of hydrogen-bond donors (Lipinski definition) is 1. The Bertz CT molecular complexity index is 544. The lowest BCUT2D eigenvalue weighted by atomic mass is 10.3. The molecule has 0 fully saturated rings. The molecule has 1 heterocycles. The third kappa shape index (κ3) is 6.62. The first kappa shape index (κ1) is 17.8. The van der Waals surface area contributed by atoms with E-state index < -0.39 is 6.10 Å². The molecule has 1 N–H and O–H groups in total. The van der Waals surface area contributed by atoms with Crippen LogP contribution in [0.1, 0.15) is 5.76 Å². The Balaban J connectivity index is 1.81. The first-order valence-corrected chi connectivity index (χ1v) is 7.85. The van der Waals surface area contributed by atoms with Crippen molar-refractivity contribution in [2.24, 2.45) is 0 Å². The maximum Gasteiger partial charge on any atom is 0.119 e. The molecule has 0 radical (unpaired) electrons. The quantitative estimate of drug-likeness (QED) is 0.721. The predicted octanol–water partition coefficient (Wildman–Crippen LogP) is 2.82. The fraction of sp³-hybridized carbons (Fsp3) is 0.412. The Morgan fingerprint density at radius 3 is 2.70 bits per heavy atom. The summed E-state index contributed by atoms with van der Waals surface area (Å²) >= 11 is 5.83. The zero-order valence-corrected chi connectivity index (χ0v) is 13.9. The van der Waals surface area contributed by atoms with Gasteiger partial charge in [-0.15, -0.1) is 0 Å². The molecule has 0 aliphatic rings. The van der Waals surface area contributed by atoms with E-state index in [2.05, 4.69) is 4.90 Å². The van der Waals surface area contributed by atoms with Gasteiger partial charge in [0.25, 0.3) is 0 Å². The predicted molar refractivity (Wildman–Crippen MR) is 88.8 cm³/mol. The summed E-state index contributed by atoms with van der Waals surface area (Å²) in [5, 5.41) is 10.9. The van der Waals surface area contributed by atoms with E-state index in [1.165, 1.54) is 0 Å². The summed E-state index contributed by atoms with van der Waals surface area (Å²) in [4.78, 5) is 2.07. The Labute approximate surface area is 141 Å². The van der Waals surface area contributed by atoms with E-state index in [0.717, 1.165) is 5.76 Å². The summed E-state index contributed by atoms with van der Waals surface area (Å²) in [5.41, 5.74) is 0. The minimum atomic E-state index is -0.613. The highest BCUT2D eigenvalue weighted by Crippen LogP contribution is 2.15. The van der Waals surface area contributed by atoms with Crippen molar-refractivity contribution in [1.29, 1.82) is 0 Å². The van der Waals surface area contributed by atoms with Gasteiger partial charge >= 0.3 is 0 Å². The fourth-order valence-corrected chi connectivity index (χ4v) is 2.28. The van der Waals surface area contributed by atoms with E-state index in [1.807, 2.05) is 12.1 Å². The zero-order valence-electron chi connectivity index (χ0n) is 13.2. The molecule has 2 rings (SSSR count). The van der Waals surface area contributed by atoms with Crippen molar-refractivity contribution in [2.45, 2.75) is 12.6 Å². The van der Waals surface area contributed by atoms with Crippen LogP contribution in [0.4, 0.5) is 0 Å². The number of rotatable bonds is 10. The summed E-state index contributed by atoms with van der Waals surface area (Å²) in [6, 6.07) is 10.8. The van der Waals surface area contributed by atoms with Gasteiger partial charge in [-0.3, -0.25) is 4.90 Å². The lowest BCUT2D eigenvalue weighted by Gasteiger charge is -2.24. The molecule has 0 saturated heterocycles. The van der Waals surface area contributed by atoms with Crippen molar-refractivity contribution in [3.8, 4) is 5.75 Å². The SMILES string of the molecule is COCCN(Cc1ccco1)C[C@H](O)COc1ccc(Cl)cc1. The Hall–Kier alpha value is -1.53. The standard InChI is InChI=1S/C17H22ClNO4/c1-21-10-8-19(12-17-3-2-9-22-17)11-15(20)13-23-16-6-4-14(18)5-7-16/h2-7,9,15,20H,8,10-13H2,1H3/t15-/m0/s1. The smallest absolute Gasteiger partial charge is 0.119 e. The second-order valence-electron chi connectivity index (χ2n) is 5.23. The van der Waals surface area contributed by atoms with Gasteiger partial charge in [-0.2, -0.15) is 0 Å². The van der Waals surface area contributed by atoms with Crippen molar-refractivity contribution in [1.82, 2.24) is 4.90 Å². The Morgan fingerprint density at radius 1 is 1.26 bits per heavy atom. The molecule has 0 aliphatic carbocycles. The van der Waals surface area contributed by atoms with Gasteiger partial charge in [0.2, 0.25) is 0 Å². The van der Waals surface area contributed by atoms with Crippen molar-refractivity contribution in [3.05, 3.63) is 53.4 Å². The number of aliphatic hydroxyl groups excluding tert-OH is 1. The molecule has 1 atom stereocenters. The van der Waals surface area contributed by atoms with Crippen LogP contribution in [0.2, 0.25) is 5.02 Å². The third-order valence-electron chi connectivity index (χ3n) is 3.30. The summed E-state index contributed by atoms with van der Waals surface area (Å²) in [5.74, 6) is 1.54. The van der Waals surface area contributed by atoms with Crippen LogP contribution in [0.3, 0.4) is 0 Å². The molecule has 0 aliphatic heterocycles. The number of hydrogen-bond acceptors (Lipinski definition) is 5. The highest BCUT2D eigenvalue weighted by molar-refractivity contribution is 6.30. The van der Waals surface area contributed by atoms with E-state index in [4.69, 9.17) is 25.5 Å². The zero-order chi connectivity index (χ0) is 16.5. The third-order valence-corrected chi connectivity index (χ3v) is 3.55. The van der Waals surface area contributed by atoms with Gasteiger partial charge in [-0.25, -0.2) is 0 Å². The first-order valence-electron chi connectivity index (χ1n) is 7.47. The van der Waals surface area contributed by atoms with Crippen LogP contribution in [0.15, 0.2) is 47.1 Å². The van der Waals surface area contributed by atoms with Crippen molar-refractivity contribution in [2.75, 3.05) is 33.4 Å². The largest absolute Gasteiger partial charge is 0.491 e. The molecule has 0 saturated carbocycles. The van der Waals surface area contributed by atoms with Crippen LogP contribution in [-0.2, 0) is 11.3 Å². The number of furan rings is 1. The van der Waals surface area contributed by atoms with Crippen LogP contribution < -0.4 is 4.74 Å². The van der Waals surface area contributed by atoms with Gasteiger partial charge in [0, 0.05) is 25.2 Å². The number of halogens is 1. The van der Waals surface area contributed by atoms with E-state index >= 15 is 0 Å². The second kappa shape index (κ2) is 9.57. The molecule has 0 bridgehead atoms. The average Bonchev–Trinajstić information content (AvgIpc) is 3.05. The normalized spacial score (nSPS) is 12.5. The van der Waals surface area contributed by atoms with E-state index in [9.17, 15) is 5.11 Å². The molecule has 23 heavy (non-hydrogen) atoms. The van der Waals surface area contributed by atoms with E-state index in [-0.39, 0.29) is 6.61 Å². The number of methoxy groups -OCH3 is 1. The summed E-state index contributed by atoms with van der Waals surface area (Å²) in [6.07, 6.45) is 1.03. The highest BCUT2D eigenvalue weighted by atomic mass is 35.5. The van der Waals surface area contributed by atoms with Crippen LogP contribution in [0.25, 0.3) is 0 Å². The van der Waals surface area contributed by atoms with E-state index in [1.54, 1.807) is 37.6 Å². The molecular formula is C17H22ClNO4. The lowest BCUT2D eigenvalue weighted by molar-refractivity contribution is 0.0517. The number of benzene rings is 1. The fourth-order valence-electron chi connectivity index (χ4n) is 2.15. The summed E-state index contributed by atoms with van der Waals surface area (Å²) in [7, 11) is 1.66. The van der Waals surface area contributed by atoms with Crippen molar-refractivity contribution in [3.63, 3.8) is 0 Å². The van der Waals surface area contributed by atoms with Crippen LogP contribution >= 0.6 is 11.6 Å². The van der Waals surface area contributed by atoms with Gasteiger partial charge in [0.05, 0.1) is 19.4 Å². The second-order valence-corrected chi connectivity index (χ2v) is 5.66. The van der Waals surface area contributed by atoms with Crippen molar-refractivity contribution < 1.29 is 19.0 Å². The topological polar surface area (TPSA) is 55.1 Å². The van der Waals surface area contributed by atoms with Gasteiger partial charge in [0.15, 0.2) is 0 Å². The minimum Gasteiger partial charge on any atom is -0.491 e. The monoisotopic (exact) mass is 339 g/mol. The maximum absolute atomic E-state index is 10.2. The minimum absolute atomic E-state index is 0.212. The molecule has 6 heteroatoms. The molecular weight excluding hydrogens is 318 g/mol. The molecule has 5 nitrogen and oxygen atoms in total. The van der Waals surface area contributed by atoms with Gasteiger partial charge in [0.1, 0.15) is 24.2 Å². The Morgan fingerprint density at radius 2 is 2.04 bits per heavy atom. The lowest BCUT2D eigenvalue weighted by Crippen LogP contribution is -2.37. The molecule has 126 valence electrons. The molecule has 0 spiro atoms. The number of nitrogens with zero attached hydrogens (tertiary/aromatic N) is 1. The highest BCUT2D eigenvalue weighted by Gasteiger charge is 2.14. The molecule has 0 amide bonds. The van der Waals surface area contributed by atoms with Gasteiger partial charge in [-0.1, -0.05) is 11.6 Å². The summed E-state index contributed by atoms with van der Waals surface area (Å²) < 4.78 is 16.0. The number of aliphatic hydroxyl groups is 1. The Kier molecular flexibility index (Phi) is 7.42. The number of ether oxygens (including phenoxy) is 2. The molecule has 0 unspecified atom stereocenters. The average molecular weight is 340 g/mol. The molecule has 1 aromatic carbocycles. The summed E-state index contributed by atoms with van der Waals surface area (Å²) in [6.45, 7) is 2.59. The van der Waals surface area contributed by atoms with Crippen LogP contribution in [-0.4, -0.2) is 49.5 Å². The van der Waals surface area contributed by atoms with Crippen molar-refractivity contribution >= 4 is 11.6 Å². The van der Waals surface area contributed by atoms with E-state index in [0.29, 0.717) is 37.0 Å². The van der Waals surface area contributed by atoms with Crippen LogP contribution in [0.5, 0.6) is 5.75 Å². The molecule has 2 aromatic rings. The molecule has 1 aromatic heterocycles. The van der Waals surface area contributed by atoms with Gasteiger partial charge < -0.3 is 19.0 Å². The first-order chi connectivity index (χ1) is 11.2.